The molecule has 0 aliphatic carbocycles. The maximum atomic E-state index is 4.42. The van der Waals surface area contributed by atoms with Crippen LogP contribution in [0.25, 0.3) is 0 Å². The minimum atomic E-state index is 0.660. The fourth-order valence-electron chi connectivity index (χ4n) is 2.21. The van der Waals surface area contributed by atoms with Crippen LogP contribution in [-0.4, -0.2) is 22.4 Å². The third kappa shape index (κ3) is 4.11. The van der Waals surface area contributed by atoms with Crippen LogP contribution in [0, 0.1) is 6.92 Å². The molecule has 17 heavy (non-hydrogen) atoms. The molecule has 0 fully saturated rings. The lowest BCUT2D eigenvalue weighted by Crippen LogP contribution is -2.28. The van der Waals surface area contributed by atoms with E-state index >= 15 is 0 Å². The van der Waals surface area contributed by atoms with Crippen molar-refractivity contribution in [2.75, 3.05) is 6.54 Å². The zero-order valence-corrected chi connectivity index (χ0v) is 13.0. The second-order valence-corrected chi connectivity index (χ2v) is 5.32. The molecule has 0 aliphatic heterocycles. The Bertz CT molecular complexity index is 347. The van der Waals surface area contributed by atoms with Crippen molar-refractivity contribution < 1.29 is 0 Å². The zero-order chi connectivity index (χ0) is 12.8. The van der Waals surface area contributed by atoms with Crippen LogP contribution >= 0.6 is 15.9 Å². The highest BCUT2D eigenvalue weighted by atomic mass is 79.9. The van der Waals surface area contributed by atoms with E-state index in [1.165, 1.54) is 29.4 Å². The summed E-state index contributed by atoms with van der Waals surface area (Å²) in [4.78, 5) is 0. The smallest absolute Gasteiger partial charge is 0.0738 e. The topological polar surface area (TPSA) is 29.9 Å². The Balaban J connectivity index is 2.45. The van der Waals surface area contributed by atoms with Crippen LogP contribution in [0.5, 0.6) is 0 Å². The summed E-state index contributed by atoms with van der Waals surface area (Å²) < 4.78 is 3.17. The van der Waals surface area contributed by atoms with Gasteiger partial charge in [-0.25, -0.2) is 0 Å². The Morgan fingerprint density at radius 1 is 1.41 bits per heavy atom. The Kier molecular flexibility index (Phi) is 6.20. The first kappa shape index (κ1) is 14.7. The van der Waals surface area contributed by atoms with Gasteiger partial charge in [-0.2, -0.15) is 5.10 Å². The number of hydrogen-bond acceptors (Lipinski definition) is 2. The molecule has 1 rings (SSSR count). The molecule has 0 amide bonds. The van der Waals surface area contributed by atoms with Crippen molar-refractivity contribution >= 4 is 15.9 Å². The Hall–Kier alpha value is -0.350. The van der Waals surface area contributed by atoms with Gasteiger partial charge in [0.25, 0.3) is 0 Å². The first-order chi connectivity index (χ1) is 8.10. The molecule has 1 N–H and O–H groups in total. The summed E-state index contributed by atoms with van der Waals surface area (Å²) in [5, 5.41) is 7.94. The van der Waals surface area contributed by atoms with Crippen LogP contribution in [0.2, 0.25) is 0 Å². The second-order valence-electron chi connectivity index (χ2n) is 4.52. The van der Waals surface area contributed by atoms with Gasteiger partial charge in [-0.3, -0.25) is 4.68 Å². The molecular formula is C13H24BrN3. The Morgan fingerprint density at radius 2 is 2.12 bits per heavy atom. The SMILES string of the molecule is CCNC(CC)CCCc1c(Br)c(C)nn1C. The normalized spacial score (nSPS) is 13.0. The van der Waals surface area contributed by atoms with Crippen LogP contribution in [0.3, 0.4) is 0 Å². The van der Waals surface area contributed by atoms with Gasteiger partial charge >= 0.3 is 0 Å². The maximum absolute atomic E-state index is 4.42. The monoisotopic (exact) mass is 301 g/mol. The lowest BCUT2D eigenvalue weighted by Gasteiger charge is -2.15. The lowest BCUT2D eigenvalue weighted by molar-refractivity contribution is 0.463. The quantitative estimate of drug-likeness (QED) is 0.838. The summed E-state index contributed by atoms with van der Waals surface area (Å²) in [6.07, 6.45) is 4.75. The predicted octanol–water partition coefficient (Wildman–Crippen LogP) is 3.20. The molecule has 0 spiro atoms. The molecule has 3 nitrogen and oxygen atoms in total. The van der Waals surface area contributed by atoms with E-state index in [0.717, 1.165) is 18.7 Å². The summed E-state index contributed by atoms with van der Waals surface area (Å²) in [6, 6.07) is 0.660. The van der Waals surface area contributed by atoms with E-state index in [1.54, 1.807) is 0 Å². The number of aryl methyl sites for hydroxylation is 2. The minimum Gasteiger partial charge on any atom is -0.314 e. The van der Waals surface area contributed by atoms with E-state index in [0.29, 0.717) is 6.04 Å². The molecule has 1 aromatic heterocycles. The Morgan fingerprint density at radius 3 is 2.59 bits per heavy atom. The molecule has 0 radical (unpaired) electrons. The molecular weight excluding hydrogens is 278 g/mol. The molecule has 1 heterocycles. The van der Waals surface area contributed by atoms with Gasteiger partial charge in [-0.1, -0.05) is 13.8 Å². The molecule has 4 heteroatoms. The molecule has 0 aliphatic rings. The number of halogens is 1. The van der Waals surface area contributed by atoms with Gasteiger partial charge in [0.05, 0.1) is 15.9 Å². The highest BCUT2D eigenvalue weighted by Crippen LogP contribution is 2.22. The van der Waals surface area contributed by atoms with Crippen molar-refractivity contribution in [2.45, 2.75) is 52.5 Å². The summed E-state index contributed by atoms with van der Waals surface area (Å²) in [7, 11) is 2.02. The van der Waals surface area contributed by atoms with Crippen molar-refractivity contribution in [1.29, 1.82) is 0 Å². The van der Waals surface area contributed by atoms with Crippen LogP contribution in [0.1, 0.15) is 44.5 Å². The maximum Gasteiger partial charge on any atom is 0.0738 e. The average Bonchev–Trinajstić information content (AvgIpc) is 2.54. The molecule has 0 saturated carbocycles. The Labute approximate surface area is 113 Å². The summed E-state index contributed by atoms with van der Waals surface area (Å²) in [5.41, 5.74) is 2.40. The van der Waals surface area contributed by atoms with Gasteiger partial charge in [0, 0.05) is 13.1 Å². The van der Waals surface area contributed by atoms with Crippen molar-refractivity contribution in [3.8, 4) is 0 Å². The van der Waals surface area contributed by atoms with Crippen molar-refractivity contribution in [1.82, 2.24) is 15.1 Å². The third-order valence-electron chi connectivity index (χ3n) is 3.21. The van der Waals surface area contributed by atoms with E-state index in [-0.39, 0.29) is 0 Å². The number of rotatable bonds is 7. The third-order valence-corrected chi connectivity index (χ3v) is 4.24. The van der Waals surface area contributed by atoms with Gasteiger partial charge in [-0.15, -0.1) is 0 Å². The van der Waals surface area contributed by atoms with Gasteiger partial charge in [0.1, 0.15) is 0 Å². The van der Waals surface area contributed by atoms with Crippen LogP contribution in [0.4, 0.5) is 0 Å². The van der Waals surface area contributed by atoms with E-state index in [2.05, 4.69) is 40.2 Å². The molecule has 1 atom stereocenters. The molecule has 0 bridgehead atoms. The number of aromatic nitrogens is 2. The number of hydrogen-bond donors (Lipinski definition) is 1. The highest BCUT2D eigenvalue weighted by Gasteiger charge is 2.11. The summed E-state index contributed by atoms with van der Waals surface area (Å²) >= 11 is 3.62. The number of nitrogens with one attached hydrogen (secondary N) is 1. The molecule has 1 aromatic rings. The van der Waals surface area contributed by atoms with Crippen LogP contribution in [-0.2, 0) is 13.5 Å². The van der Waals surface area contributed by atoms with Gasteiger partial charge in [0.2, 0.25) is 0 Å². The van der Waals surface area contributed by atoms with Gasteiger partial charge in [0.15, 0.2) is 0 Å². The van der Waals surface area contributed by atoms with Gasteiger partial charge in [-0.05, 0) is 55.1 Å². The molecule has 0 saturated heterocycles. The largest absolute Gasteiger partial charge is 0.314 e. The van der Waals surface area contributed by atoms with Crippen molar-refractivity contribution in [3.05, 3.63) is 15.9 Å². The summed E-state index contributed by atoms with van der Waals surface area (Å²) in [5.74, 6) is 0. The second kappa shape index (κ2) is 7.17. The fraction of sp³-hybridized carbons (Fsp3) is 0.769. The van der Waals surface area contributed by atoms with Crippen molar-refractivity contribution in [3.63, 3.8) is 0 Å². The first-order valence-electron chi connectivity index (χ1n) is 6.51. The van der Waals surface area contributed by atoms with E-state index in [4.69, 9.17) is 0 Å². The predicted molar refractivity (Wildman–Crippen MR) is 76.3 cm³/mol. The van der Waals surface area contributed by atoms with E-state index in [9.17, 15) is 0 Å². The standard InChI is InChI=1S/C13H24BrN3/c1-5-11(15-6-2)8-7-9-12-13(14)10(3)16-17(12)4/h11,15H,5-9H2,1-4H3. The van der Waals surface area contributed by atoms with E-state index < -0.39 is 0 Å². The average molecular weight is 302 g/mol. The highest BCUT2D eigenvalue weighted by molar-refractivity contribution is 9.10. The van der Waals surface area contributed by atoms with Crippen LogP contribution < -0.4 is 5.32 Å². The molecule has 1 unspecified atom stereocenters. The minimum absolute atomic E-state index is 0.660. The number of nitrogens with zero attached hydrogens (tertiary/aromatic N) is 2. The molecule has 0 aromatic carbocycles. The lowest BCUT2D eigenvalue weighted by atomic mass is 10.1. The first-order valence-corrected chi connectivity index (χ1v) is 7.30. The van der Waals surface area contributed by atoms with E-state index in [1.807, 2.05) is 18.7 Å². The fourth-order valence-corrected chi connectivity index (χ4v) is 2.74. The van der Waals surface area contributed by atoms with Gasteiger partial charge < -0.3 is 5.32 Å². The van der Waals surface area contributed by atoms with Crippen molar-refractivity contribution in [2.24, 2.45) is 7.05 Å². The summed E-state index contributed by atoms with van der Waals surface area (Å²) in [6.45, 7) is 7.52. The molecule has 98 valence electrons. The van der Waals surface area contributed by atoms with Crippen LogP contribution in [0.15, 0.2) is 4.47 Å². The zero-order valence-electron chi connectivity index (χ0n) is 11.4.